The molecular formula is C16H16F2N2O. The molecule has 5 heteroatoms. The van der Waals surface area contributed by atoms with Gasteiger partial charge in [0.1, 0.15) is 0 Å². The molecule has 2 rings (SSSR count). The summed E-state index contributed by atoms with van der Waals surface area (Å²) in [6.45, 7) is 3.40. The Hall–Kier alpha value is -2.43. The number of hydrogen-bond acceptors (Lipinski definition) is 2. The number of hydrogen-bond donors (Lipinski definition) is 2. The molecule has 3 N–H and O–H groups in total. The van der Waals surface area contributed by atoms with Crippen molar-refractivity contribution in [2.24, 2.45) is 0 Å². The van der Waals surface area contributed by atoms with Crippen molar-refractivity contribution >= 4 is 17.3 Å². The Balaban J connectivity index is 2.26. The first-order chi connectivity index (χ1) is 9.82. The molecule has 1 amide bonds. The molecule has 0 atom stereocenters. The number of benzene rings is 2. The van der Waals surface area contributed by atoms with Crippen molar-refractivity contribution < 1.29 is 13.6 Å². The Morgan fingerprint density at radius 3 is 2.33 bits per heavy atom. The SMILES string of the molecule is CC(C)(C(=O)Nc1cccc(F)c1F)c1ccc(N)cc1. The van der Waals surface area contributed by atoms with Crippen LogP contribution >= 0.6 is 0 Å². The van der Waals surface area contributed by atoms with E-state index >= 15 is 0 Å². The zero-order valence-corrected chi connectivity index (χ0v) is 11.8. The number of nitrogens with one attached hydrogen (secondary N) is 1. The highest BCUT2D eigenvalue weighted by Crippen LogP contribution is 2.27. The van der Waals surface area contributed by atoms with E-state index in [9.17, 15) is 13.6 Å². The van der Waals surface area contributed by atoms with Gasteiger partial charge < -0.3 is 11.1 Å². The van der Waals surface area contributed by atoms with Crippen LogP contribution in [0.5, 0.6) is 0 Å². The van der Waals surface area contributed by atoms with Gasteiger partial charge in [0.25, 0.3) is 0 Å². The second kappa shape index (κ2) is 5.52. The Labute approximate surface area is 121 Å². The van der Waals surface area contributed by atoms with Crippen molar-refractivity contribution in [3.63, 3.8) is 0 Å². The molecule has 0 fully saturated rings. The Morgan fingerprint density at radius 2 is 1.71 bits per heavy atom. The second-order valence-corrected chi connectivity index (χ2v) is 5.30. The molecule has 21 heavy (non-hydrogen) atoms. The van der Waals surface area contributed by atoms with Crippen molar-refractivity contribution in [3.05, 3.63) is 59.7 Å². The molecule has 0 aromatic heterocycles. The van der Waals surface area contributed by atoms with Crippen LogP contribution in [0.1, 0.15) is 19.4 Å². The number of nitrogen functional groups attached to an aromatic ring is 1. The van der Waals surface area contributed by atoms with E-state index in [1.807, 2.05) is 0 Å². The molecule has 0 saturated heterocycles. The summed E-state index contributed by atoms with van der Waals surface area (Å²) in [7, 11) is 0. The number of rotatable bonds is 3. The summed E-state index contributed by atoms with van der Waals surface area (Å²) in [6, 6.07) is 10.5. The summed E-state index contributed by atoms with van der Waals surface area (Å²) in [5.41, 5.74) is 5.84. The van der Waals surface area contributed by atoms with Crippen LogP contribution in [0.3, 0.4) is 0 Å². The van der Waals surface area contributed by atoms with Gasteiger partial charge in [-0.05, 0) is 43.7 Å². The number of nitrogens with two attached hydrogens (primary N) is 1. The maximum absolute atomic E-state index is 13.6. The summed E-state index contributed by atoms with van der Waals surface area (Å²) >= 11 is 0. The first-order valence-corrected chi connectivity index (χ1v) is 6.44. The van der Waals surface area contributed by atoms with Gasteiger partial charge >= 0.3 is 0 Å². The first kappa shape index (κ1) is 15.0. The van der Waals surface area contributed by atoms with Gasteiger partial charge in [0.15, 0.2) is 11.6 Å². The third-order valence-electron chi connectivity index (χ3n) is 3.40. The van der Waals surface area contributed by atoms with E-state index in [0.29, 0.717) is 5.69 Å². The minimum absolute atomic E-state index is 0.177. The largest absolute Gasteiger partial charge is 0.399 e. The number of carbonyl (C=O) groups is 1. The van der Waals surface area contributed by atoms with E-state index in [2.05, 4.69) is 5.32 Å². The van der Waals surface area contributed by atoms with Crippen molar-refractivity contribution in [1.29, 1.82) is 0 Å². The van der Waals surface area contributed by atoms with Gasteiger partial charge in [0.05, 0.1) is 11.1 Å². The maximum atomic E-state index is 13.6. The Bertz CT molecular complexity index is 666. The van der Waals surface area contributed by atoms with Crippen LogP contribution in [0.2, 0.25) is 0 Å². The van der Waals surface area contributed by atoms with Gasteiger partial charge in [0, 0.05) is 5.69 Å². The minimum Gasteiger partial charge on any atom is -0.399 e. The van der Waals surface area contributed by atoms with E-state index in [4.69, 9.17) is 5.73 Å². The van der Waals surface area contributed by atoms with Crippen molar-refractivity contribution in [2.75, 3.05) is 11.1 Å². The Morgan fingerprint density at radius 1 is 1.10 bits per heavy atom. The number of halogens is 2. The number of anilines is 2. The van der Waals surface area contributed by atoms with Crippen LogP contribution in [0.25, 0.3) is 0 Å². The summed E-state index contributed by atoms with van der Waals surface area (Å²) in [5, 5.41) is 2.42. The lowest BCUT2D eigenvalue weighted by molar-refractivity contribution is -0.120. The molecule has 0 aliphatic rings. The lowest BCUT2D eigenvalue weighted by Crippen LogP contribution is -2.35. The molecule has 2 aromatic carbocycles. The van der Waals surface area contributed by atoms with E-state index in [1.165, 1.54) is 12.1 Å². The van der Waals surface area contributed by atoms with Crippen molar-refractivity contribution in [3.8, 4) is 0 Å². The molecule has 0 radical (unpaired) electrons. The fourth-order valence-electron chi connectivity index (χ4n) is 1.91. The maximum Gasteiger partial charge on any atom is 0.234 e. The highest BCUT2D eigenvalue weighted by atomic mass is 19.2. The minimum atomic E-state index is -1.07. The zero-order chi connectivity index (χ0) is 15.6. The van der Waals surface area contributed by atoms with Gasteiger partial charge in [-0.15, -0.1) is 0 Å². The molecule has 0 saturated carbocycles. The van der Waals surface area contributed by atoms with Gasteiger partial charge in [-0.25, -0.2) is 8.78 Å². The quantitative estimate of drug-likeness (QED) is 0.850. The summed E-state index contributed by atoms with van der Waals surface area (Å²) in [5.74, 6) is -2.51. The molecule has 0 heterocycles. The highest BCUT2D eigenvalue weighted by molar-refractivity contribution is 5.98. The second-order valence-electron chi connectivity index (χ2n) is 5.30. The number of carbonyl (C=O) groups excluding carboxylic acids is 1. The first-order valence-electron chi connectivity index (χ1n) is 6.44. The Kier molecular flexibility index (Phi) is 3.93. The molecule has 0 bridgehead atoms. The van der Waals surface area contributed by atoms with Crippen LogP contribution in [-0.2, 0) is 10.2 Å². The molecule has 0 aliphatic carbocycles. The molecular weight excluding hydrogens is 274 g/mol. The normalized spacial score (nSPS) is 11.2. The monoisotopic (exact) mass is 290 g/mol. The number of amides is 1. The average Bonchev–Trinajstić information content (AvgIpc) is 2.44. The van der Waals surface area contributed by atoms with Gasteiger partial charge in [-0.1, -0.05) is 18.2 Å². The topological polar surface area (TPSA) is 55.1 Å². The lowest BCUT2D eigenvalue weighted by atomic mass is 9.83. The van der Waals surface area contributed by atoms with Gasteiger partial charge in [-0.3, -0.25) is 4.79 Å². The molecule has 110 valence electrons. The smallest absolute Gasteiger partial charge is 0.234 e. The van der Waals surface area contributed by atoms with E-state index in [1.54, 1.807) is 38.1 Å². The van der Waals surface area contributed by atoms with Crippen LogP contribution < -0.4 is 11.1 Å². The summed E-state index contributed by atoms with van der Waals surface area (Å²) in [4.78, 5) is 12.4. The van der Waals surface area contributed by atoms with E-state index < -0.39 is 23.0 Å². The predicted octanol–water partition coefficient (Wildman–Crippen LogP) is 3.46. The highest BCUT2D eigenvalue weighted by Gasteiger charge is 2.30. The predicted molar refractivity (Wildman–Crippen MR) is 78.9 cm³/mol. The van der Waals surface area contributed by atoms with Gasteiger partial charge in [0.2, 0.25) is 5.91 Å². The molecule has 0 spiro atoms. The standard InChI is InChI=1S/C16H16F2N2O/c1-16(2,10-6-8-11(19)9-7-10)15(21)20-13-5-3-4-12(17)14(13)18/h3-9H,19H2,1-2H3,(H,20,21). The van der Waals surface area contributed by atoms with Crippen molar-refractivity contribution in [1.82, 2.24) is 0 Å². The molecule has 2 aromatic rings. The van der Waals surface area contributed by atoms with Crippen LogP contribution in [0, 0.1) is 11.6 Å². The van der Waals surface area contributed by atoms with E-state index in [-0.39, 0.29) is 5.69 Å². The van der Waals surface area contributed by atoms with E-state index in [0.717, 1.165) is 11.6 Å². The van der Waals surface area contributed by atoms with Crippen LogP contribution in [-0.4, -0.2) is 5.91 Å². The third kappa shape index (κ3) is 3.02. The average molecular weight is 290 g/mol. The third-order valence-corrected chi connectivity index (χ3v) is 3.40. The fraction of sp³-hybridized carbons (Fsp3) is 0.188. The van der Waals surface area contributed by atoms with Crippen LogP contribution in [0.15, 0.2) is 42.5 Å². The lowest BCUT2D eigenvalue weighted by Gasteiger charge is -2.24. The fourth-order valence-corrected chi connectivity index (χ4v) is 1.91. The molecule has 0 unspecified atom stereocenters. The summed E-state index contributed by atoms with van der Waals surface area (Å²) in [6.07, 6.45) is 0. The molecule has 0 aliphatic heterocycles. The van der Waals surface area contributed by atoms with Crippen LogP contribution in [0.4, 0.5) is 20.2 Å². The summed E-state index contributed by atoms with van der Waals surface area (Å²) < 4.78 is 26.8. The zero-order valence-electron chi connectivity index (χ0n) is 11.8. The van der Waals surface area contributed by atoms with Gasteiger partial charge in [-0.2, -0.15) is 0 Å². The molecule has 3 nitrogen and oxygen atoms in total. The van der Waals surface area contributed by atoms with Crippen molar-refractivity contribution in [2.45, 2.75) is 19.3 Å².